The highest BCUT2D eigenvalue weighted by Crippen LogP contribution is 2.25. The van der Waals surface area contributed by atoms with Gasteiger partial charge in [0, 0.05) is 24.6 Å². The third-order valence-electron chi connectivity index (χ3n) is 4.71. The average molecular weight is 472 g/mol. The molecule has 1 saturated heterocycles. The lowest BCUT2D eigenvalue weighted by atomic mass is 10.0. The number of carbonyl (C=O) groups excluding carboxylic acids is 4. The van der Waals surface area contributed by atoms with Gasteiger partial charge < -0.3 is 29.7 Å². The summed E-state index contributed by atoms with van der Waals surface area (Å²) in [7, 11) is 0. The van der Waals surface area contributed by atoms with E-state index in [1.165, 1.54) is 17.9 Å². The summed E-state index contributed by atoms with van der Waals surface area (Å²) in [6, 6.07) is 3.26. The maximum atomic E-state index is 11.9. The Hall–Kier alpha value is -3.39. The van der Waals surface area contributed by atoms with E-state index in [0.717, 1.165) is 12.1 Å². The number of benzene rings is 1. The molecule has 2 rings (SSSR count). The topological polar surface area (TPSA) is 195 Å². The van der Waals surface area contributed by atoms with Crippen LogP contribution in [-0.2, 0) is 25.4 Å². The number of aromatic hydroxyl groups is 2. The van der Waals surface area contributed by atoms with Crippen molar-refractivity contribution in [2.24, 2.45) is 0 Å². The number of rotatable bonds is 8. The minimum absolute atomic E-state index is 0.00763. The van der Waals surface area contributed by atoms with Crippen molar-refractivity contribution < 1.29 is 42.9 Å². The lowest BCUT2D eigenvalue weighted by Gasteiger charge is -2.42. The van der Waals surface area contributed by atoms with Crippen LogP contribution in [0.25, 0.3) is 0 Å². The fourth-order valence-electron chi connectivity index (χ4n) is 2.72. The first-order valence-electron chi connectivity index (χ1n) is 9.35. The van der Waals surface area contributed by atoms with E-state index < -0.39 is 58.4 Å². The van der Waals surface area contributed by atoms with E-state index in [4.69, 9.17) is 4.74 Å². The van der Waals surface area contributed by atoms with Crippen LogP contribution in [0.5, 0.6) is 11.5 Å². The van der Waals surface area contributed by atoms with Gasteiger partial charge in [-0.2, -0.15) is 0 Å². The Kier molecular flexibility index (Phi) is 7.99. The zero-order chi connectivity index (χ0) is 24.1. The summed E-state index contributed by atoms with van der Waals surface area (Å²) in [6.45, 7) is 2.04. The lowest BCUT2D eigenvalue weighted by Crippen LogP contribution is -2.59. The first-order valence-corrected chi connectivity index (χ1v) is 10.5. The molecule has 0 saturated carbocycles. The van der Waals surface area contributed by atoms with E-state index in [1.54, 1.807) is 6.92 Å². The van der Waals surface area contributed by atoms with E-state index in [2.05, 4.69) is 5.32 Å². The van der Waals surface area contributed by atoms with Gasteiger partial charge in [0.2, 0.25) is 5.91 Å². The molecule has 1 aromatic rings. The average Bonchev–Trinajstić information content (AvgIpc) is 2.74. The van der Waals surface area contributed by atoms with Gasteiger partial charge in [0.25, 0.3) is 11.8 Å². The second kappa shape index (κ2) is 10.3. The standard InChI is InChI=1S/C18H24N4O9S/c1-10-5-15(26)22(10)8-18(2,32(29)30)9-31-17(28)21-20-14(25)7-19-16(27)11-3-4-12(23)13(24)6-11/h3-4,6,10,23-24H,5,7-9H2,1-2H3,(H,19,27)(H,20,25)(H,21,28)(H,29,30)/t10-,18-/m1/s1. The van der Waals surface area contributed by atoms with Crippen LogP contribution in [-0.4, -0.2) is 78.2 Å². The summed E-state index contributed by atoms with van der Waals surface area (Å²) in [5.74, 6) is -2.61. The van der Waals surface area contributed by atoms with Gasteiger partial charge in [-0.25, -0.2) is 14.4 Å². The monoisotopic (exact) mass is 472 g/mol. The molecule has 176 valence electrons. The minimum atomic E-state index is -2.41. The molecule has 1 heterocycles. The van der Waals surface area contributed by atoms with Gasteiger partial charge in [0.1, 0.15) is 11.4 Å². The second-order valence-corrected chi connectivity index (χ2v) is 8.89. The molecule has 13 nitrogen and oxygen atoms in total. The van der Waals surface area contributed by atoms with Crippen molar-refractivity contribution in [3.63, 3.8) is 0 Å². The van der Waals surface area contributed by atoms with E-state index >= 15 is 0 Å². The molecule has 0 aliphatic carbocycles. The predicted octanol–water partition coefficient (Wildman–Crippen LogP) is -0.814. The van der Waals surface area contributed by atoms with Gasteiger partial charge in [-0.3, -0.25) is 19.8 Å². The maximum absolute atomic E-state index is 11.9. The number of nitrogens with zero attached hydrogens (tertiary/aromatic N) is 1. The van der Waals surface area contributed by atoms with Crippen molar-refractivity contribution in [2.75, 3.05) is 19.7 Å². The van der Waals surface area contributed by atoms with Crippen LogP contribution in [0.3, 0.4) is 0 Å². The fourth-order valence-corrected chi connectivity index (χ4v) is 3.12. The summed E-state index contributed by atoms with van der Waals surface area (Å²) in [5, 5.41) is 20.8. The van der Waals surface area contributed by atoms with Gasteiger partial charge in [0.05, 0.1) is 6.54 Å². The number of hydrazine groups is 1. The third-order valence-corrected chi connectivity index (χ3v) is 5.80. The molecule has 0 bridgehead atoms. The summed E-state index contributed by atoms with van der Waals surface area (Å²) < 4.78 is 24.7. The molecule has 0 aromatic heterocycles. The number of β-lactam (4-membered cyclic amide) rings is 1. The Balaban J connectivity index is 1.75. The van der Waals surface area contributed by atoms with Crippen LogP contribution in [0.15, 0.2) is 18.2 Å². The van der Waals surface area contributed by atoms with Gasteiger partial charge >= 0.3 is 6.09 Å². The number of phenols is 2. The Morgan fingerprint density at radius 3 is 2.50 bits per heavy atom. The molecule has 1 aromatic carbocycles. The molecule has 1 aliphatic heterocycles. The molecule has 6 N–H and O–H groups in total. The minimum Gasteiger partial charge on any atom is -0.504 e. The molecule has 1 unspecified atom stereocenters. The molecular weight excluding hydrogens is 448 g/mol. The summed E-state index contributed by atoms with van der Waals surface area (Å²) in [6.07, 6.45) is -0.779. The molecule has 3 atom stereocenters. The first-order chi connectivity index (χ1) is 14.9. The van der Waals surface area contributed by atoms with E-state index in [1.807, 2.05) is 10.9 Å². The van der Waals surface area contributed by atoms with E-state index in [-0.39, 0.29) is 24.1 Å². The lowest BCUT2D eigenvalue weighted by molar-refractivity contribution is -0.145. The summed E-state index contributed by atoms with van der Waals surface area (Å²) in [5.41, 5.74) is 3.90. The quantitative estimate of drug-likeness (QED) is 0.121. The van der Waals surface area contributed by atoms with Crippen molar-refractivity contribution in [1.82, 2.24) is 21.1 Å². The van der Waals surface area contributed by atoms with Gasteiger partial charge in [0.15, 0.2) is 22.6 Å². The predicted molar refractivity (Wildman–Crippen MR) is 110 cm³/mol. The number of hydrogen-bond donors (Lipinski definition) is 6. The van der Waals surface area contributed by atoms with Crippen LogP contribution >= 0.6 is 0 Å². The normalized spacial score (nSPS) is 18.0. The fraction of sp³-hybridized carbons (Fsp3) is 0.444. The number of carbonyl (C=O) groups is 4. The molecular formula is C18H24N4O9S. The van der Waals surface area contributed by atoms with Crippen LogP contribution in [0.2, 0.25) is 0 Å². The number of amides is 4. The number of phenolic OH excluding ortho intramolecular Hbond substituents is 2. The number of hydrogen-bond acceptors (Lipinski definition) is 8. The highest BCUT2D eigenvalue weighted by Gasteiger charge is 2.42. The summed E-state index contributed by atoms with van der Waals surface area (Å²) >= 11 is -2.41. The molecule has 0 spiro atoms. The number of likely N-dealkylation sites (tertiary alicyclic amines) is 1. The molecule has 0 radical (unpaired) electrons. The smallest absolute Gasteiger partial charge is 0.426 e. The van der Waals surface area contributed by atoms with Crippen molar-refractivity contribution in [3.05, 3.63) is 23.8 Å². The SMILES string of the molecule is C[C@@H]1CC(=O)N1C[C@](C)(COC(=O)NNC(=O)CNC(=O)c1ccc(O)c(O)c1)S(=O)O. The van der Waals surface area contributed by atoms with Crippen molar-refractivity contribution in [1.29, 1.82) is 0 Å². The number of nitrogens with one attached hydrogen (secondary N) is 3. The van der Waals surface area contributed by atoms with Crippen molar-refractivity contribution in [2.45, 2.75) is 31.1 Å². The van der Waals surface area contributed by atoms with Crippen LogP contribution in [0.4, 0.5) is 4.79 Å². The largest absolute Gasteiger partial charge is 0.504 e. The molecule has 1 fully saturated rings. The third kappa shape index (κ3) is 6.31. The van der Waals surface area contributed by atoms with Gasteiger partial charge in [-0.1, -0.05) is 0 Å². The molecule has 14 heteroatoms. The molecule has 32 heavy (non-hydrogen) atoms. The highest BCUT2D eigenvalue weighted by molar-refractivity contribution is 7.80. The number of ether oxygens (including phenoxy) is 1. The van der Waals surface area contributed by atoms with Gasteiger partial charge in [-0.15, -0.1) is 0 Å². The van der Waals surface area contributed by atoms with E-state index in [0.29, 0.717) is 6.42 Å². The zero-order valence-electron chi connectivity index (χ0n) is 17.3. The van der Waals surface area contributed by atoms with Crippen molar-refractivity contribution in [3.8, 4) is 11.5 Å². The van der Waals surface area contributed by atoms with Crippen LogP contribution in [0.1, 0.15) is 30.6 Å². The van der Waals surface area contributed by atoms with Crippen LogP contribution < -0.4 is 16.2 Å². The Morgan fingerprint density at radius 1 is 1.25 bits per heavy atom. The second-order valence-electron chi connectivity index (χ2n) is 7.41. The highest BCUT2D eigenvalue weighted by atomic mass is 32.2. The molecule has 4 amide bonds. The maximum Gasteiger partial charge on any atom is 0.426 e. The molecule has 1 aliphatic rings. The Bertz CT molecular complexity index is 941. The summed E-state index contributed by atoms with van der Waals surface area (Å²) in [4.78, 5) is 48.5. The zero-order valence-corrected chi connectivity index (χ0v) is 18.1. The Morgan fingerprint density at radius 2 is 1.94 bits per heavy atom. The van der Waals surface area contributed by atoms with Crippen molar-refractivity contribution >= 4 is 34.9 Å². The van der Waals surface area contributed by atoms with E-state index in [9.17, 15) is 38.2 Å². The van der Waals surface area contributed by atoms with Crippen LogP contribution in [0, 0.1) is 0 Å². The van der Waals surface area contributed by atoms with Gasteiger partial charge in [-0.05, 0) is 32.0 Å². The first kappa shape index (κ1) is 24.9. The Labute approximate surface area is 185 Å².